The highest BCUT2D eigenvalue weighted by Crippen LogP contribution is 2.24. The van der Waals surface area contributed by atoms with Crippen LogP contribution in [-0.4, -0.2) is 45.6 Å². The number of carbonyl (C=O) groups is 1. The molecule has 3 aromatic carbocycles. The highest BCUT2D eigenvalue weighted by Gasteiger charge is 2.27. The molecule has 0 heterocycles. The van der Waals surface area contributed by atoms with Gasteiger partial charge in [0, 0.05) is 23.2 Å². The third kappa shape index (κ3) is 6.82. The first-order valence-electron chi connectivity index (χ1n) is 10.6. The summed E-state index contributed by atoms with van der Waals surface area (Å²) in [5.41, 5.74) is 4.48. The lowest BCUT2D eigenvalue weighted by molar-refractivity contribution is -0.121. The van der Waals surface area contributed by atoms with E-state index in [0.29, 0.717) is 27.6 Å². The maximum absolute atomic E-state index is 13.4. The zero-order valence-corrected chi connectivity index (χ0v) is 21.1. The van der Waals surface area contributed by atoms with Gasteiger partial charge in [-0.2, -0.15) is 9.41 Å². The zero-order valence-electron chi connectivity index (χ0n) is 19.6. The molecular formula is C25H26ClN3O5S. The minimum atomic E-state index is -4.00. The number of hydrogen-bond donors (Lipinski definition) is 1. The van der Waals surface area contributed by atoms with Gasteiger partial charge in [0.05, 0.1) is 31.9 Å². The number of carbonyl (C=O) groups excluding carboxylic acids is 1. The molecule has 8 nitrogen and oxygen atoms in total. The molecule has 0 saturated heterocycles. The number of methoxy groups -OCH3 is 2. The molecule has 35 heavy (non-hydrogen) atoms. The Morgan fingerprint density at radius 2 is 1.77 bits per heavy atom. The van der Waals surface area contributed by atoms with E-state index in [4.69, 9.17) is 21.1 Å². The number of halogens is 1. The highest BCUT2D eigenvalue weighted by atomic mass is 35.5. The summed E-state index contributed by atoms with van der Waals surface area (Å²) >= 11 is 6.26. The molecule has 0 radical (unpaired) electrons. The number of amides is 1. The van der Waals surface area contributed by atoms with Crippen LogP contribution >= 0.6 is 11.6 Å². The van der Waals surface area contributed by atoms with Crippen molar-refractivity contribution in [3.05, 3.63) is 88.4 Å². The smallest absolute Gasteiger partial charge is 0.255 e. The number of benzene rings is 3. The number of aryl methyl sites for hydroxylation is 1. The van der Waals surface area contributed by atoms with Crippen LogP contribution in [0, 0.1) is 6.92 Å². The number of ether oxygens (including phenoxy) is 2. The molecule has 0 fully saturated rings. The van der Waals surface area contributed by atoms with E-state index >= 15 is 0 Å². The monoisotopic (exact) mass is 515 g/mol. The van der Waals surface area contributed by atoms with Crippen molar-refractivity contribution in [3.8, 4) is 11.5 Å². The number of sulfonamides is 1. The molecule has 184 valence electrons. The fraction of sp³-hybridized carbons (Fsp3) is 0.200. The Bertz CT molecular complexity index is 1310. The molecule has 0 spiro atoms. The van der Waals surface area contributed by atoms with Gasteiger partial charge in [0.1, 0.15) is 11.5 Å². The van der Waals surface area contributed by atoms with Gasteiger partial charge in [-0.3, -0.25) is 4.79 Å². The van der Waals surface area contributed by atoms with Crippen LogP contribution in [-0.2, 0) is 21.4 Å². The van der Waals surface area contributed by atoms with Crippen LogP contribution in [0.4, 0.5) is 0 Å². The van der Waals surface area contributed by atoms with Crippen molar-refractivity contribution in [2.75, 3.05) is 20.8 Å². The first kappa shape index (κ1) is 26.2. The predicted molar refractivity (Wildman–Crippen MR) is 136 cm³/mol. The van der Waals surface area contributed by atoms with Crippen LogP contribution in [0.2, 0.25) is 5.02 Å². The van der Waals surface area contributed by atoms with Gasteiger partial charge in [0.25, 0.3) is 5.91 Å². The summed E-state index contributed by atoms with van der Waals surface area (Å²) < 4.78 is 38.3. The summed E-state index contributed by atoms with van der Waals surface area (Å²) in [7, 11) is -0.945. The van der Waals surface area contributed by atoms with Crippen molar-refractivity contribution in [1.29, 1.82) is 0 Å². The molecule has 0 aliphatic carbocycles. The van der Waals surface area contributed by atoms with Crippen LogP contribution in [0.5, 0.6) is 11.5 Å². The van der Waals surface area contributed by atoms with E-state index in [1.807, 2.05) is 6.92 Å². The Morgan fingerprint density at radius 3 is 2.43 bits per heavy atom. The molecule has 3 aromatic rings. The SMILES string of the molecule is COc1ccc(/C=N\NC(=O)CN(Cc2ccccc2Cl)S(=O)(=O)c2ccc(C)cc2)c(OC)c1. The molecule has 1 N–H and O–H groups in total. The lowest BCUT2D eigenvalue weighted by Crippen LogP contribution is -2.39. The quantitative estimate of drug-likeness (QED) is 0.325. The third-order valence-electron chi connectivity index (χ3n) is 5.12. The standard InChI is InChI=1S/C25H26ClN3O5S/c1-18-8-12-22(13-9-18)35(31,32)29(16-20-6-4-5-7-23(20)26)17-25(30)28-27-15-19-10-11-21(33-2)14-24(19)34-3/h4-15H,16-17H2,1-3H3,(H,28,30)/b27-15-. The topological polar surface area (TPSA) is 97.3 Å². The van der Waals surface area contributed by atoms with Crippen molar-refractivity contribution < 1.29 is 22.7 Å². The normalized spacial score (nSPS) is 11.6. The van der Waals surface area contributed by atoms with Crippen LogP contribution in [0.15, 0.2) is 76.7 Å². The van der Waals surface area contributed by atoms with E-state index in [1.165, 1.54) is 25.5 Å². The average Bonchev–Trinajstić information content (AvgIpc) is 2.85. The number of nitrogens with one attached hydrogen (secondary N) is 1. The molecule has 10 heteroatoms. The van der Waals surface area contributed by atoms with E-state index in [2.05, 4.69) is 10.5 Å². The van der Waals surface area contributed by atoms with E-state index in [-0.39, 0.29) is 11.4 Å². The second kappa shape index (κ2) is 11.8. The Morgan fingerprint density at radius 1 is 1.06 bits per heavy atom. The molecule has 0 saturated carbocycles. The summed E-state index contributed by atoms with van der Waals surface area (Å²) in [6.45, 7) is 1.32. The van der Waals surface area contributed by atoms with Gasteiger partial charge in [0.15, 0.2) is 0 Å². The molecule has 0 aliphatic rings. The third-order valence-corrected chi connectivity index (χ3v) is 7.29. The van der Waals surface area contributed by atoms with Gasteiger partial charge in [-0.1, -0.05) is 47.5 Å². The van der Waals surface area contributed by atoms with Gasteiger partial charge >= 0.3 is 0 Å². The van der Waals surface area contributed by atoms with Crippen LogP contribution in [0.1, 0.15) is 16.7 Å². The van der Waals surface area contributed by atoms with E-state index in [1.54, 1.807) is 61.7 Å². The minimum absolute atomic E-state index is 0.0782. The Kier molecular flexibility index (Phi) is 8.86. The first-order valence-corrected chi connectivity index (χ1v) is 12.4. The summed E-state index contributed by atoms with van der Waals surface area (Å²) in [6.07, 6.45) is 1.41. The number of rotatable bonds is 10. The van der Waals surface area contributed by atoms with Crippen molar-refractivity contribution >= 4 is 33.7 Å². The van der Waals surface area contributed by atoms with Crippen molar-refractivity contribution in [2.45, 2.75) is 18.4 Å². The predicted octanol–water partition coefficient (Wildman–Crippen LogP) is 4.01. The van der Waals surface area contributed by atoms with Gasteiger partial charge in [-0.15, -0.1) is 0 Å². The summed E-state index contributed by atoms with van der Waals surface area (Å²) in [5, 5.41) is 4.36. The summed E-state index contributed by atoms with van der Waals surface area (Å²) in [6, 6.07) is 18.4. The Labute approximate surface area is 210 Å². The molecule has 0 aliphatic heterocycles. The first-order chi connectivity index (χ1) is 16.7. The molecule has 0 bridgehead atoms. The molecule has 3 rings (SSSR count). The van der Waals surface area contributed by atoms with Crippen molar-refractivity contribution in [1.82, 2.24) is 9.73 Å². The lowest BCUT2D eigenvalue weighted by atomic mass is 10.2. The Hall–Kier alpha value is -3.40. The van der Waals surface area contributed by atoms with Crippen molar-refractivity contribution in [2.24, 2.45) is 5.10 Å². The minimum Gasteiger partial charge on any atom is -0.497 e. The van der Waals surface area contributed by atoms with Gasteiger partial charge < -0.3 is 9.47 Å². The highest BCUT2D eigenvalue weighted by molar-refractivity contribution is 7.89. The number of nitrogens with zero attached hydrogens (tertiary/aromatic N) is 2. The number of hydrazone groups is 1. The summed E-state index contributed by atoms with van der Waals surface area (Å²) in [4.78, 5) is 12.8. The van der Waals surface area contributed by atoms with E-state index < -0.39 is 22.5 Å². The van der Waals surface area contributed by atoms with Gasteiger partial charge in [-0.25, -0.2) is 13.8 Å². The molecule has 0 atom stereocenters. The molecule has 1 amide bonds. The number of hydrogen-bond acceptors (Lipinski definition) is 6. The molecular weight excluding hydrogens is 490 g/mol. The fourth-order valence-electron chi connectivity index (χ4n) is 3.20. The summed E-state index contributed by atoms with van der Waals surface area (Å²) in [5.74, 6) is 0.501. The maximum Gasteiger partial charge on any atom is 0.255 e. The zero-order chi connectivity index (χ0) is 25.4. The maximum atomic E-state index is 13.4. The fourth-order valence-corrected chi connectivity index (χ4v) is 4.77. The van der Waals surface area contributed by atoms with Crippen molar-refractivity contribution in [3.63, 3.8) is 0 Å². The van der Waals surface area contributed by atoms with Gasteiger partial charge in [0.2, 0.25) is 10.0 Å². The largest absolute Gasteiger partial charge is 0.497 e. The second-order valence-electron chi connectivity index (χ2n) is 7.58. The molecule has 0 aromatic heterocycles. The van der Waals surface area contributed by atoms with E-state index in [9.17, 15) is 13.2 Å². The molecule has 0 unspecified atom stereocenters. The van der Waals surface area contributed by atoms with Crippen LogP contribution < -0.4 is 14.9 Å². The van der Waals surface area contributed by atoms with Crippen LogP contribution in [0.25, 0.3) is 0 Å². The van der Waals surface area contributed by atoms with Gasteiger partial charge in [-0.05, 0) is 42.8 Å². The average molecular weight is 516 g/mol. The second-order valence-corrected chi connectivity index (χ2v) is 9.92. The van der Waals surface area contributed by atoms with Crippen LogP contribution in [0.3, 0.4) is 0 Å². The Balaban J connectivity index is 1.80. The lowest BCUT2D eigenvalue weighted by Gasteiger charge is -2.22. The van der Waals surface area contributed by atoms with E-state index in [0.717, 1.165) is 9.87 Å².